The van der Waals surface area contributed by atoms with Gasteiger partial charge in [0.25, 0.3) is 5.91 Å². The van der Waals surface area contributed by atoms with Crippen molar-refractivity contribution in [3.8, 4) is 6.07 Å². The molecule has 0 aliphatic carbocycles. The van der Waals surface area contributed by atoms with Crippen molar-refractivity contribution < 1.29 is 9.59 Å². The zero-order chi connectivity index (χ0) is 22.8. The molecule has 2 amide bonds. The molecule has 0 saturated heterocycles. The summed E-state index contributed by atoms with van der Waals surface area (Å²) in [5.74, 6) is -0.679. The summed E-state index contributed by atoms with van der Waals surface area (Å²) in [5.41, 5.74) is 2.07. The molecule has 32 heavy (non-hydrogen) atoms. The second-order valence-corrected chi connectivity index (χ2v) is 9.62. The van der Waals surface area contributed by atoms with Crippen molar-refractivity contribution in [1.82, 2.24) is 4.90 Å². The maximum atomic E-state index is 13.7. The molecule has 162 valence electrons. The van der Waals surface area contributed by atoms with Crippen LogP contribution in [0.25, 0.3) is 0 Å². The summed E-state index contributed by atoms with van der Waals surface area (Å²) in [6, 6.07) is 17.6. The molecule has 0 unspecified atom stereocenters. The molecule has 7 heteroatoms. The van der Waals surface area contributed by atoms with Gasteiger partial charge in [0.1, 0.15) is 0 Å². The summed E-state index contributed by atoms with van der Waals surface area (Å²) in [6.07, 6.45) is 0. The number of benzene rings is 2. The van der Waals surface area contributed by atoms with Gasteiger partial charge in [0.15, 0.2) is 0 Å². The topological polar surface area (TPSA) is 73.2 Å². The molecule has 0 spiro atoms. The Morgan fingerprint density at radius 2 is 2.00 bits per heavy atom. The third-order valence-electron chi connectivity index (χ3n) is 5.41. The summed E-state index contributed by atoms with van der Waals surface area (Å²) >= 11 is 7.67. The van der Waals surface area contributed by atoms with E-state index >= 15 is 0 Å². The molecule has 2 atom stereocenters. The van der Waals surface area contributed by atoms with Crippen molar-refractivity contribution in [3.05, 3.63) is 86.6 Å². The van der Waals surface area contributed by atoms with Gasteiger partial charge in [0.2, 0.25) is 5.91 Å². The van der Waals surface area contributed by atoms with Crippen molar-refractivity contribution >= 4 is 40.4 Å². The highest BCUT2D eigenvalue weighted by Crippen LogP contribution is 2.45. The predicted octanol–water partition coefficient (Wildman–Crippen LogP) is 5.85. The van der Waals surface area contributed by atoms with Crippen LogP contribution >= 0.6 is 22.9 Å². The van der Waals surface area contributed by atoms with E-state index < -0.39 is 12.0 Å². The molecule has 1 aliphatic rings. The highest BCUT2D eigenvalue weighted by molar-refractivity contribution is 7.10. The SMILES string of the molecule is CC(C)CN1C(=O)c2ccccc2[C@H](C(=O)Nc2cc(Cl)cc(C#N)c2)[C@H]1c1cccs1. The zero-order valence-electron chi connectivity index (χ0n) is 17.7. The van der Waals surface area contributed by atoms with Crippen LogP contribution in [-0.2, 0) is 4.79 Å². The number of thiophene rings is 1. The third kappa shape index (κ3) is 4.27. The molecule has 1 aliphatic heterocycles. The van der Waals surface area contributed by atoms with E-state index in [9.17, 15) is 14.9 Å². The lowest BCUT2D eigenvalue weighted by atomic mass is 9.81. The Kier molecular flexibility index (Phi) is 6.31. The van der Waals surface area contributed by atoms with Crippen molar-refractivity contribution in [3.63, 3.8) is 0 Å². The van der Waals surface area contributed by atoms with Gasteiger partial charge in [-0.05, 0) is 47.2 Å². The van der Waals surface area contributed by atoms with Crippen LogP contribution in [0.3, 0.4) is 0 Å². The smallest absolute Gasteiger partial charge is 0.254 e. The maximum absolute atomic E-state index is 13.7. The van der Waals surface area contributed by atoms with Gasteiger partial charge < -0.3 is 10.2 Å². The summed E-state index contributed by atoms with van der Waals surface area (Å²) in [7, 11) is 0. The first kappa shape index (κ1) is 22.1. The minimum absolute atomic E-state index is 0.0636. The zero-order valence-corrected chi connectivity index (χ0v) is 19.3. The van der Waals surface area contributed by atoms with Crippen LogP contribution in [0.2, 0.25) is 5.02 Å². The Balaban J connectivity index is 1.82. The number of rotatable bonds is 5. The third-order valence-corrected chi connectivity index (χ3v) is 6.57. The number of carbonyl (C=O) groups is 2. The van der Waals surface area contributed by atoms with Crippen LogP contribution in [0.4, 0.5) is 5.69 Å². The van der Waals surface area contributed by atoms with E-state index in [-0.39, 0.29) is 17.7 Å². The lowest BCUT2D eigenvalue weighted by Gasteiger charge is -2.42. The molecule has 0 bridgehead atoms. The Morgan fingerprint density at radius 3 is 2.69 bits per heavy atom. The van der Waals surface area contributed by atoms with Crippen LogP contribution in [0, 0.1) is 17.2 Å². The van der Waals surface area contributed by atoms with E-state index in [4.69, 9.17) is 11.6 Å². The van der Waals surface area contributed by atoms with Gasteiger partial charge in [0.05, 0.1) is 23.6 Å². The molecule has 1 aromatic heterocycles. The van der Waals surface area contributed by atoms with Gasteiger partial charge in [-0.25, -0.2) is 0 Å². The van der Waals surface area contributed by atoms with Crippen molar-refractivity contribution in [2.45, 2.75) is 25.8 Å². The molecule has 2 heterocycles. The molecular weight excluding hydrogens is 442 g/mol. The van der Waals surface area contributed by atoms with Crippen LogP contribution < -0.4 is 5.32 Å². The first-order valence-electron chi connectivity index (χ1n) is 10.3. The number of nitrogens with zero attached hydrogens (tertiary/aromatic N) is 2. The molecule has 1 N–H and O–H groups in total. The summed E-state index contributed by atoms with van der Waals surface area (Å²) < 4.78 is 0. The van der Waals surface area contributed by atoms with Gasteiger partial charge in [-0.2, -0.15) is 5.26 Å². The largest absolute Gasteiger partial charge is 0.329 e. The number of amides is 2. The number of hydrogen-bond acceptors (Lipinski definition) is 4. The van der Waals surface area contributed by atoms with E-state index in [1.54, 1.807) is 24.3 Å². The minimum atomic E-state index is -0.606. The highest BCUT2D eigenvalue weighted by Gasteiger charge is 2.44. The predicted molar refractivity (Wildman–Crippen MR) is 127 cm³/mol. The average molecular weight is 464 g/mol. The fourth-order valence-electron chi connectivity index (χ4n) is 4.19. The molecule has 4 rings (SSSR count). The normalized spacial score (nSPS) is 17.7. The summed E-state index contributed by atoms with van der Waals surface area (Å²) in [4.78, 5) is 29.9. The second-order valence-electron chi connectivity index (χ2n) is 8.21. The molecule has 0 radical (unpaired) electrons. The van der Waals surface area contributed by atoms with E-state index in [1.165, 1.54) is 11.3 Å². The Labute approximate surface area is 196 Å². The van der Waals surface area contributed by atoms with Crippen LogP contribution in [0.15, 0.2) is 60.0 Å². The van der Waals surface area contributed by atoms with E-state index in [1.807, 2.05) is 40.6 Å². The number of nitriles is 1. The fourth-order valence-corrected chi connectivity index (χ4v) is 5.30. The number of fused-ring (bicyclic) bond motifs is 1. The molecule has 5 nitrogen and oxygen atoms in total. The molecule has 0 fully saturated rings. The van der Waals surface area contributed by atoms with Crippen molar-refractivity contribution in [1.29, 1.82) is 5.26 Å². The van der Waals surface area contributed by atoms with Gasteiger partial charge >= 0.3 is 0 Å². The lowest BCUT2D eigenvalue weighted by Crippen LogP contribution is -2.47. The van der Waals surface area contributed by atoms with Gasteiger partial charge in [0, 0.05) is 27.7 Å². The molecule has 3 aromatic rings. The van der Waals surface area contributed by atoms with E-state index in [0.717, 1.165) is 4.88 Å². The molecule has 2 aromatic carbocycles. The van der Waals surface area contributed by atoms with Crippen molar-refractivity contribution in [2.24, 2.45) is 5.92 Å². The van der Waals surface area contributed by atoms with Crippen LogP contribution in [-0.4, -0.2) is 23.3 Å². The Morgan fingerprint density at radius 1 is 1.22 bits per heavy atom. The Bertz CT molecular complexity index is 1200. The summed E-state index contributed by atoms with van der Waals surface area (Å²) in [5, 5.41) is 14.5. The van der Waals surface area contributed by atoms with Crippen molar-refractivity contribution in [2.75, 3.05) is 11.9 Å². The monoisotopic (exact) mass is 463 g/mol. The maximum Gasteiger partial charge on any atom is 0.254 e. The average Bonchev–Trinajstić information content (AvgIpc) is 3.29. The number of anilines is 1. The fraction of sp³-hybridized carbons (Fsp3) is 0.240. The van der Waals surface area contributed by atoms with Crippen LogP contribution in [0.1, 0.15) is 52.2 Å². The first-order valence-corrected chi connectivity index (χ1v) is 11.6. The van der Waals surface area contributed by atoms with Gasteiger partial charge in [-0.3, -0.25) is 9.59 Å². The quantitative estimate of drug-likeness (QED) is 0.515. The summed E-state index contributed by atoms with van der Waals surface area (Å²) in [6.45, 7) is 4.66. The number of carbonyl (C=O) groups excluding carboxylic acids is 2. The van der Waals surface area contributed by atoms with E-state index in [2.05, 4.69) is 25.2 Å². The Hall–Kier alpha value is -3.14. The van der Waals surface area contributed by atoms with Gasteiger partial charge in [-0.1, -0.05) is 49.7 Å². The van der Waals surface area contributed by atoms with Crippen LogP contribution in [0.5, 0.6) is 0 Å². The number of nitrogens with one attached hydrogen (secondary N) is 1. The second kappa shape index (κ2) is 9.15. The number of hydrogen-bond donors (Lipinski definition) is 1. The molecule has 0 saturated carbocycles. The number of halogens is 1. The standard InChI is InChI=1S/C25H22ClN3O2S/c1-15(2)14-29-23(21-8-5-9-32-21)22(19-6-3-4-7-20(19)25(29)31)24(30)28-18-11-16(13-27)10-17(26)12-18/h3-12,15,22-23H,14H2,1-2H3,(H,28,30)/t22-,23+/m0/s1. The first-order chi connectivity index (χ1) is 15.4. The van der Waals surface area contributed by atoms with E-state index in [0.29, 0.717) is 33.9 Å². The molecular formula is C25H22ClN3O2S. The lowest BCUT2D eigenvalue weighted by molar-refractivity contribution is -0.119. The van der Waals surface area contributed by atoms with Gasteiger partial charge in [-0.15, -0.1) is 11.3 Å². The highest BCUT2D eigenvalue weighted by atomic mass is 35.5. The minimum Gasteiger partial charge on any atom is -0.329 e.